The third-order valence-electron chi connectivity index (χ3n) is 5.51. The number of guanidine groups is 1. The standard InChI is InChI=1S/C22H33FN6O/c1-5-28(6-2)21-8-7-18(14-20(21)23)15-25-22(24-4)29-11-9-27(10-12-29)16-19-13-17(3)30-26-19/h7-8,13-14H,5-6,9-12,15-16H2,1-4H3,(H,24,25). The van der Waals surface area contributed by atoms with Gasteiger partial charge in [0.15, 0.2) is 5.96 Å². The predicted octanol–water partition coefficient (Wildman–Crippen LogP) is 2.86. The summed E-state index contributed by atoms with van der Waals surface area (Å²) in [6, 6.07) is 7.45. The average Bonchev–Trinajstić information content (AvgIpc) is 3.16. The van der Waals surface area contributed by atoms with E-state index in [9.17, 15) is 4.39 Å². The SMILES string of the molecule is CCN(CC)c1ccc(CNC(=NC)N2CCN(Cc3cc(C)on3)CC2)cc1F. The molecule has 1 aromatic carbocycles. The van der Waals surface area contributed by atoms with Gasteiger partial charge in [0, 0.05) is 65.5 Å². The summed E-state index contributed by atoms with van der Waals surface area (Å²) in [5, 5.41) is 7.46. The lowest BCUT2D eigenvalue weighted by Crippen LogP contribution is -2.52. The fourth-order valence-corrected chi connectivity index (χ4v) is 3.83. The molecule has 0 bridgehead atoms. The van der Waals surface area contributed by atoms with Crippen LogP contribution in [0.15, 0.2) is 33.8 Å². The second-order valence-corrected chi connectivity index (χ2v) is 7.55. The van der Waals surface area contributed by atoms with Gasteiger partial charge in [-0.05, 0) is 38.5 Å². The molecule has 7 nitrogen and oxygen atoms in total. The molecule has 0 radical (unpaired) electrons. The highest BCUT2D eigenvalue weighted by Gasteiger charge is 2.20. The monoisotopic (exact) mass is 416 g/mol. The molecule has 2 aromatic rings. The summed E-state index contributed by atoms with van der Waals surface area (Å²) in [5.74, 6) is 1.51. The van der Waals surface area contributed by atoms with Gasteiger partial charge in [0.1, 0.15) is 11.6 Å². The van der Waals surface area contributed by atoms with Crippen molar-refractivity contribution >= 4 is 11.6 Å². The normalized spacial score (nSPS) is 15.5. The zero-order chi connectivity index (χ0) is 21.5. The first-order valence-corrected chi connectivity index (χ1v) is 10.7. The first kappa shape index (κ1) is 22.1. The molecular weight excluding hydrogens is 383 g/mol. The van der Waals surface area contributed by atoms with Crippen LogP contribution in [0.25, 0.3) is 0 Å². The number of nitrogens with zero attached hydrogens (tertiary/aromatic N) is 5. The molecule has 1 aliphatic rings. The van der Waals surface area contributed by atoms with Gasteiger partial charge < -0.3 is 19.6 Å². The number of aromatic nitrogens is 1. The fraction of sp³-hybridized carbons (Fsp3) is 0.545. The van der Waals surface area contributed by atoms with E-state index >= 15 is 0 Å². The Hall–Kier alpha value is -2.61. The van der Waals surface area contributed by atoms with Gasteiger partial charge in [-0.2, -0.15) is 0 Å². The number of benzene rings is 1. The van der Waals surface area contributed by atoms with Gasteiger partial charge in [0.25, 0.3) is 0 Å². The molecule has 2 heterocycles. The van der Waals surface area contributed by atoms with Gasteiger partial charge in [-0.25, -0.2) is 4.39 Å². The highest BCUT2D eigenvalue weighted by Crippen LogP contribution is 2.20. The quantitative estimate of drug-likeness (QED) is 0.553. The van der Waals surface area contributed by atoms with Gasteiger partial charge in [0.2, 0.25) is 0 Å². The molecule has 8 heteroatoms. The molecule has 1 aromatic heterocycles. The van der Waals surface area contributed by atoms with Crippen LogP contribution in [0.4, 0.5) is 10.1 Å². The van der Waals surface area contributed by atoms with E-state index in [0.717, 1.165) is 68.8 Å². The maximum Gasteiger partial charge on any atom is 0.194 e. The van der Waals surface area contributed by atoms with Crippen molar-refractivity contribution in [2.75, 3.05) is 51.2 Å². The summed E-state index contributed by atoms with van der Waals surface area (Å²) >= 11 is 0. The van der Waals surface area contributed by atoms with Gasteiger partial charge in [-0.3, -0.25) is 9.89 Å². The second-order valence-electron chi connectivity index (χ2n) is 7.55. The zero-order valence-electron chi connectivity index (χ0n) is 18.5. The van der Waals surface area contributed by atoms with Crippen molar-refractivity contribution in [1.29, 1.82) is 0 Å². The summed E-state index contributed by atoms with van der Waals surface area (Å²) in [6.45, 7) is 12.5. The lowest BCUT2D eigenvalue weighted by molar-refractivity contribution is 0.169. The molecular formula is C22H33FN6O. The Bertz CT molecular complexity index is 840. The molecule has 1 aliphatic heterocycles. The number of anilines is 1. The van der Waals surface area contributed by atoms with Crippen LogP contribution < -0.4 is 10.2 Å². The van der Waals surface area contributed by atoms with Crippen molar-refractivity contribution in [2.24, 2.45) is 4.99 Å². The maximum atomic E-state index is 14.5. The van der Waals surface area contributed by atoms with Crippen molar-refractivity contribution in [2.45, 2.75) is 33.9 Å². The number of hydrogen-bond donors (Lipinski definition) is 1. The highest BCUT2D eigenvalue weighted by molar-refractivity contribution is 5.80. The minimum absolute atomic E-state index is 0.176. The van der Waals surface area contributed by atoms with E-state index in [4.69, 9.17) is 4.52 Å². The minimum atomic E-state index is -0.176. The molecule has 1 saturated heterocycles. The Kier molecular flexibility index (Phi) is 7.68. The molecule has 164 valence electrons. The molecule has 1 N–H and O–H groups in total. The Morgan fingerprint density at radius 2 is 1.93 bits per heavy atom. The van der Waals surface area contributed by atoms with Crippen molar-refractivity contribution in [3.63, 3.8) is 0 Å². The zero-order valence-corrected chi connectivity index (χ0v) is 18.5. The van der Waals surface area contributed by atoms with Gasteiger partial charge in [-0.15, -0.1) is 0 Å². The summed E-state index contributed by atoms with van der Waals surface area (Å²) in [4.78, 5) is 11.0. The Morgan fingerprint density at radius 1 is 1.20 bits per heavy atom. The average molecular weight is 417 g/mol. The molecule has 30 heavy (non-hydrogen) atoms. The Morgan fingerprint density at radius 3 is 2.50 bits per heavy atom. The van der Waals surface area contributed by atoms with Crippen LogP contribution in [-0.4, -0.2) is 67.2 Å². The Labute approximate surface area is 178 Å². The Balaban J connectivity index is 1.51. The number of aliphatic imine (C=N–C) groups is 1. The third kappa shape index (κ3) is 5.50. The lowest BCUT2D eigenvalue weighted by atomic mass is 10.1. The van der Waals surface area contributed by atoms with E-state index < -0.39 is 0 Å². The van der Waals surface area contributed by atoms with Crippen LogP contribution >= 0.6 is 0 Å². The van der Waals surface area contributed by atoms with E-state index in [1.807, 2.05) is 43.9 Å². The van der Waals surface area contributed by atoms with Crippen LogP contribution in [0.3, 0.4) is 0 Å². The van der Waals surface area contributed by atoms with Gasteiger partial charge in [0.05, 0.1) is 11.4 Å². The number of hydrogen-bond acceptors (Lipinski definition) is 5. The molecule has 0 atom stereocenters. The number of rotatable bonds is 7. The van der Waals surface area contributed by atoms with Crippen molar-refractivity contribution in [3.8, 4) is 0 Å². The summed E-state index contributed by atoms with van der Waals surface area (Å²) in [6.07, 6.45) is 0. The van der Waals surface area contributed by atoms with Crippen molar-refractivity contribution in [3.05, 3.63) is 47.1 Å². The molecule has 0 aliphatic carbocycles. The summed E-state index contributed by atoms with van der Waals surface area (Å²) in [5.41, 5.74) is 2.54. The van der Waals surface area contributed by atoms with E-state index in [-0.39, 0.29) is 5.82 Å². The number of nitrogens with one attached hydrogen (secondary N) is 1. The molecule has 0 unspecified atom stereocenters. The molecule has 0 amide bonds. The van der Waals surface area contributed by atoms with Gasteiger partial charge >= 0.3 is 0 Å². The maximum absolute atomic E-state index is 14.5. The summed E-state index contributed by atoms with van der Waals surface area (Å²) in [7, 11) is 1.79. The van der Waals surface area contributed by atoms with Crippen LogP contribution in [-0.2, 0) is 13.1 Å². The predicted molar refractivity (Wildman–Crippen MR) is 118 cm³/mol. The van der Waals surface area contributed by atoms with E-state index in [1.54, 1.807) is 13.1 Å². The molecule has 0 saturated carbocycles. The van der Waals surface area contributed by atoms with Gasteiger partial charge in [-0.1, -0.05) is 11.2 Å². The van der Waals surface area contributed by atoms with E-state index in [1.165, 1.54) is 0 Å². The first-order valence-electron chi connectivity index (χ1n) is 10.7. The number of halogens is 1. The smallest absolute Gasteiger partial charge is 0.194 e. The topological polar surface area (TPSA) is 60.1 Å². The van der Waals surface area contributed by atoms with Crippen molar-refractivity contribution < 1.29 is 8.91 Å². The molecule has 0 spiro atoms. The van der Waals surface area contributed by atoms with Crippen LogP contribution in [0.1, 0.15) is 30.9 Å². The number of piperazine rings is 1. The van der Waals surface area contributed by atoms with E-state index in [2.05, 4.69) is 25.3 Å². The van der Waals surface area contributed by atoms with E-state index in [0.29, 0.717) is 12.2 Å². The van der Waals surface area contributed by atoms with Crippen LogP contribution in [0.5, 0.6) is 0 Å². The minimum Gasteiger partial charge on any atom is -0.370 e. The van der Waals surface area contributed by atoms with Crippen LogP contribution in [0.2, 0.25) is 0 Å². The third-order valence-corrected chi connectivity index (χ3v) is 5.51. The highest BCUT2D eigenvalue weighted by atomic mass is 19.1. The second kappa shape index (κ2) is 10.4. The first-order chi connectivity index (χ1) is 14.5. The molecule has 1 fully saturated rings. The molecule has 3 rings (SSSR count). The lowest BCUT2D eigenvalue weighted by Gasteiger charge is -2.36. The fourth-order valence-electron chi connectivity index (χ4n) is 3.83. The largest absolute Gasteiger partial charge is 0.370 e. The summed E-state index contributed by atoms with van der Waals surface area (Å²) < 4.78 is 19.7. The van der Waals surface area contributed by atoms with Crippen LogP contribution in [0, 0.1) is 12.7 Å². The number of aryl methyl sites for hydroxylation is 1. The van der Waals surface area contributed by atoms with Crippen molar-refractivity contribution in [1.82, 2.24) is 20.3 Å².